The molecule has 21 heavy (non-hydrogen) atoms. The third-order valence-corrected chi connectivity index (χ3v) is 4.40. The molecular weight excluding hydrogens is 258 g/mol. The Hall–Kier alpha value is -1.61. The minimum atomic E-state index is 0.335. The van der Waals surface area contributed by atoms with Crippen molar-refractivity contribution in [3.63, 3.8) is 0 Å². The van der Waals surface area contributed by atoms with E-state index < -0.39 is 0 Å². The van der Waals surface area contributed by atoms with Crippen LogP contribution in [0.25, 0.3) is 0 Å². The van der Waals surface area contributed by atoms with Crippen LogP contribution < -0.4 is 5.32 Å². The SMILES string of the molecule is CCCNC(c1nccn1CCC)C1Cc2ccccc21. The molecule has 0 saturated carbocycles. The van der Waals surface area contributed by atoms with Gasteiger partial charge in [-0.3, -0.25) is 0 Å². The van der Waals surface area contributed by atoms with Gasteiger partial charge in [0.2, 0.25) is 0 Å². The van der Waals surface area contributed by atoms with E-state index in [1.54, 1.807) is 0 Å². The quantitative estimate of drug-likeness (QED) is 0.840. The summed E-state index contributed by atoms with van der Waals surface area (Å²) in [7, 11) is 0. The van der Waals surface area contributed by atoms with Gasteiger partial charge in [0.15, 0.2) is 0 Å². The van der Waals surface area contributed by atoms with Gasteiger partial charge in [0.25, 0.3) is 0 Å². The zero-order valence-corrected chi connectivity index (χ0v) is 13.0. The Morgan fingerprint density at radius 2 is 2.14 bits per heavy atom. The number of imidazole rings is 1. The Bertz CT molecular complexity index is 588. The highest BCUT2D eigenvalue weighted by atomic mass is 15.1. The van der Waals surface area contributed by atoms with E-state index in [4.69, 9.17) is 0 Å². The molecule has 0 aliphatic heterocycles. The van der Waals surface area contributed by atoms with Crippen LogP contribution in [0.15, 0.2) is 36.7 Å². The number of nitrogens with zero attached hydrogens (tertiary/aromatic N) is 2. The van der Waals surface area contributed by atoms with E-state index in [-0.39, 0.29) is 0 Å². The molecule has 0 radical (unpaired) electrons. The van der Waals surface area contributed by atoms with E-state index in [0.717, 1.165) is 32.4 Å². The fraction of sp³-hybridized carbons (Fsp3) is 0.500. The van der Waals surface area contributed by atoms with Crippen molar-refractivity contribution in [2.75, 3.05) is 6.54 Å². The molecule has 0 saturated heterocycles. The highest BCUT2D eigenvalue weighted by molar-refractivity contribution is 5.42. The van der Waals surface area contributed by atoms with E-state index in [1.165, 1.54) is 17.0 Å². The number of fused-ring (bicyclic) bond motifs is 1. The summed E-state index contributed by atoms with van der Waals surface area (Å²) in [6.45, 7) is 6.53. The topological polar surface area (TPSA) is 29.9 Å². The Balaban J connectivity index is 1.87. The van der Waals surface area contributed by atoms with Gasteiger partial charge in [-0.15, -0.1) is 0 Å². The average molecular weight is 283 g/mol. The summed E-state index contributed by atoms with van der Waals surface area (Å²) < 4.78 is 2.31. The molecule has 3 heteroatoms. The van der Waals surface area contributed by atoms with E-state index in [0.29, 0.717) is 12.0 Å². The van der Waals surface area contributed by atoms with Crippen LogP contribution in [0, 0.1) is 0 Å². The summed E-state index contributed by atoms with van der Waals surface area (Å²) in [5, 5.41) is 3.73. The van der Waals surface area contributed by atoms with Crippen molar-refractivity contribution in [2.24, 2.45) is 0 Å². The molecule has 1 N–H and O–H groups in total. The highest BCUT2D eigenvalue weighted by Gasteiger charge is 2.35. The molecule has 2 unspecified atom stereocenters. The first kappa shape index (κ1) is 14.3. The predicted molar refractivity (Wildman–Crippen MR) is 86.4 cm³/mol. The molecule has 1 aromatic carbocycles. The minimum Gasteiger partial charge on any atom is -0.334 e. The lowest BCUT2D eigenvalue weighted by molar-refractivity contribution is 0.381. The zero-order chi connectivity index (χ0) is 14.7. The summed E-state index contributed by atoms with van der Waals surface area (Å²) in [6.07, 6.45) is 7.52. The lowest BCUT2D eigenvalue weighted by Crippen LogP contribution is -2.35. The van der Waals surface area contributed by atoms with Gasteiger partial charge in [-0.25, -0.2) is 4.98 Å². The maximum absolute atomic E-state index is 4.66. The van der Waals surface area contributed by atoms with E-state index in [2.05, 4.69) is 59.2 Å². The van der Waals surface area contributed by atoms with Crippen LogP contribution in [-0.2, 0) is 13.0 Å². The molecule has 1 aliphatic carbocycles. The molecule has 3 rings (SSSR count). The lowest BCUT2D eigenvalue weighted by atomic mass is 9.73. The van der Waals surface area contributed by atoms with Gasteiger partial charge >= 0.3 is 0 Å². The molecule has 1 heterocycles. The number of hydrogen-bond donors (Lipinski definition) is 1. The van der Waals surface area contributed by atoms with Crippen molar-refractivity contribution < 1.29 is 0 Å². The Morgan fingerprint density at radius 1 is 1.29 bits per heavy atom. The number of aromatic nitrogens is 2. The second kappa shape index (κ2) is 6.44. The zero-order valence-electron chi connectivity index (χ0n) is 13.0. The Kier molecular flexibility index (Phi) is 4.39. The highest BCUT2D eigenvalue weighted by Crippen LogP contribution is 2.43. The van der Waals surface area contributed by atoms with Crippen molar-refractivity contribution >= 4 is 0 Å². The summed E-state index contributed by atoms with van der Waals surface area (Å²) in [5.41, 5.74) is 3.00. The lowest BCUT2D eigenvalue weighted by Gasteiger charge is -2.37. The molecule has 1 aromatic heterocycles. The molecule has 0 spiro atoms. The Morgan fingerprint density at radius 3 is 2.90 bits per heavy atom. The maximum atomic E-state index is 4.66. The monoisotopic (exact) mass is 283 g/mol. The molecule has 2 aromatic rings. The van der Waals surface area contributed by atoms with Crippen LogP contribution in [0.1, 0.15) is 55.6 Å². The first-order valence-electron chi connectivity index (χ1n) is 8.17. The number of hydrogen-bond acceptors (Lipinski definition) is 2. The minimum absolute atomic E-state index is 0.335. The summed E-state index contributed by atoms with van der Waals surface area (Å²) in [6, 6.07) is 9.15. The fourth-order valence-corrected chi connectivity index (χ4v) is 3.34. The smallest absolute Gasteiger partial charge is 0.126 e. The molecule has 2 atom stereocenters. The van der Waals surface area contributed by atoms with Gasteiger partial charge in [-0.05, 0) is 36.9 Å². The average Bonchev–Trinajstić information content (AvgIpc) is 2.92. The first-order valence-corrected chi connectivity index (χ1v) is 8.17. The van der Waals surface area contributed by atoms with E-state index in [9.17, 15) is 0 Å². The number of benzene rings is 1. The van der Waals surface area contributed by atoms with E-state index in [1.807, 2.05) is 6.20 Å². The van der Waals surface area contributed by atoms with Crippen molar-refractivity contribution in [1.82, 2.24) is 14.9 Å². The van der Waals surface area contributed by atoms with Crippen LogP contribution in [0.4, 0.5) is 0 Å². The van der Waals surface area contributed by atoms with Crippen molar-refractivity contribution in [1.29, 1.82) is 0 Å². The summed E-state index contributed by atoms with van der Waals surface area (Å²) in [5.74, 6) is 1.76. The van der Waals surface area contributed by atoms with E-state index >= 15 is 0 Å². The van der Waals surface area contributed by atoms with Crippen LogP contribution in [0.3, 0.4) is 0 Å². The second-order valence-corrected chi connectivity index (χ2v) is 5.92. The second-order valence-electron chi connectivity index (χ2n) is 5.92. The summed E-state index contributed by atoms with van der Waals surface area (Å²) >= 11 is 0. The van der Waals surface area contributed by atoms with Gasteiger partial charge in [0.1, 0.15) is 5.82 Å². The summed E-state index contributed by atoms with van der Waals surface area (Å²) in [4.78, 5) is 4.66. The molecule has 0 bridgehead atoms. The van der Waals surface area contributed by atoms with Crippen LogP contribution >= 0.6 is 0 Å². The van der Waals surface area contributed by atoms with Gasteiger partial charge in [0, 0.05) is 24.9 Å². The third kappa shape index (κ3) is 2.75. The molecule has 1 aliphatic rings. The molecule has 112 valence electrons. The van der Waals surface area contributed by atoms with Gasteiger partial charge in [-0.2, -0.15) is 0 Å². The molecule has 0 fully saturated rings. The van der Waals surface area contributed by atoms with Gasteiger partial charge in [-0.1, -0.05) is 38.1 Å². The number of nitrogens with one attached hydrogen (secondary N) is 1. The van der Waals surface area contributed by atoms with Crippen LogP contribution in [0.5, 0.6) is 0 Å². The number of rotatable bonds is 7. The number of aryl methyl sites for hydroxylation is 1. The largest absolute Gasteiger partial charge is 0.334 e. The standard InChI is InChI=1S/C18H25N3/c1-3-9-19-17(18-20-10-12-21(18)11-4-2)16-13-14-7-5-6-8-15(14)16/h5-8,10,12,16-17,19H,3-4,9,11,13H2,1-2H3. The maximum Gasteiger partial charge on any atom is 0.126 e. The Labute approximate surface area is 127 Å². The van der Waals surface area contributed by atoms with Crippen LogP contribution in [-0.4, -0.2) is 16.1 Å². The molecule has 3 nitrogen and oxygen atoms in total. The first-order chi connectivity index (χ1) is 10.3. The van der Waals surface area contributed by atoms with Crippen molar-refractivity contribution in [3.8, 4) is 0 Å². The van der Waals surface area contributed by atoms with Gasteiger partial charge in [0.05, 0.1) is 6.04 Å². The third-order valence-electron chi connectivity index (χ3n) is 4.40. The molecule has 0 amide bonds. The molecular formula is C18H25N3. The fourth-order valence-electron chi connectivity index (χ4n) is 3.34. The predicted octanol–water partition coefficient (Wildman–Crippen LogP) is 3.67. The van der Waals surface area contributed by atoms with Crippen LogP contribution in [0.2, 0.25) is 0 Å². The van der Waals surface area contributed by atoms with Gasteiger partial charge < -0.3 is 9.88 Å². The normalized spacial score (nSPS) is 18.1. The van der Waals surface area contributed by atoms with Crippen molar-refractivity contribution in [2.45, 2.75) is 51.6 Å². The van der Waals surface area contributed by atoms with Crippen molar-refractivity contribution in [3.05, 3.63) is 53.6 Å².